The van der Waals surface area contributed by atoms with E-state index >= 15 is 0 Å². The third-order valence-electron chi connectivity index (χ3n) is 4.12. The molecule has 3 rings (SSSR count). The normalized spacial score (nSPS) is 20.6. The molecule has 2 aromatic rings. The summed E-state index contributed by atoms with van der Waals surface area (Å²) in [5, 5.41) is 7.32. The highest BCUT2D eigenvalue weighted by molar-refractivity contribution is 7.17. The summed E-state index contributed by atoms with van der Waals surface area (Å²) in [5.74, 6) is 0.708. The van der Waals surface area contributed by atoms with Crippen molar-refractivity contribution < 1.29 is 4.74 Å². The Balaban J connectivity index is 1.84. The number of thiophene rings is 1. The highest BCUT2D eigenvalue weighted by Gasteiger charge is 2.22. The van der Waals surface area contributed by atoms with Crippen LogP contribution in [0.4, 0.5) is 0 Å². The van der Waals surface area contributed by atoms with Crippen LogP contribution in [0.1, 0.15) is 37.8 Å². The summed E-state index contributed by atoms with van der Waals surface area (Å²) in [7, 11) is 0. The summed E-state index contributed by atoms with van der Waals surface area (Å²) in [6.45, 7) is 5.19. The first-order chi connectivity index (χ1) is 9.88. The molecule has 1 saturated heterocycles. The van der Waals surface area contributed by atoms with Crippen molar-refractivity contribution >= 4 is 21.4 Å². The molecule has 1 N–H and O–H groups in total. The van der Waals surface area contributed by atoms with Crippen LogP contribution in [0.3, 0.4) is 0 Å². The van der Waals surface area contributed by atoms with Crippen LogP contribution in [0.15, 0.2) is 29.6 Å². The van der Waals surface area contributed by atoms with Gasteiger partial charge in [0.2, 0.25) is 0 Å². The smallest absolute Gasteiger partial charge is 0.0495 e. The van der Waals surface area contributed by atoms with Gasteiger partial charge in [0.05, 0.1) is 0 Å². The minimum Gasteiger partial charge on any atom is -0.381 e. The van der Waals surface area contributed by atoms with Crippen LogP contribution >= 0.6 is 11.3 Å². The molecule has 1 fully saturated rings. The molecule has 1 aliphatic heterocycles. The quantitative estimate of drug-likeness (QED) is 0.852. The molecule has 0 spiro atoms. The van der Waals surface area contributed by atoms with Crippen molar-refractivity contribution in [3.63, 3.8) is 0 Å². The van der Waals surface area contributed by atoms with E-state index in [0.717, 1.165) is 19.8 Å². The van der Waals surface area contributed by atoms with E-state index in [4.69, 9.17) is 4.74 Å². The van der Waals surface area contributed by atoms with Crippen LogP contribution in [-0.4, -0.2) is 19.8 Å². The zero-order valence-corrected chi connectivity index (χ0v) is 12.9. The molecule has 20 heavy (non-hydrogen) atoms. The molecule has 0 saturated carbocycles. The summed E-state index contributed by atoms with van der Waals surface area (Å²) in [6.07, 6.45) is 3.58. The highest BCUT2D eigenvalue weighted by atomic mass is 32.1. The maximum Gasteiger partial charge on any atom is 0.0495 e. The van der Waals surface area contributed by atoms with Crippen molar-refractivity contribution in [3.05, 3.63) is 35.2 Å². The minimum absolute atomic E-state index is 0.462. The lowest BCUT2D eigenvalue weighted by Gasteiger charge is -2.22. The molecule has 1 aromatic carbocycles. The molecule has 108 valence electrons. The van der Waals surface area contributed by atoms with Gasteiger partial charge in [-0.2, -0.15) is 0 Å². The maximum absolute atomic E-state index is 5.55. The Morgan fingerprint density at radius 2 is 2.35 bits per heavy atom. The van der Waals surface area contributed by atoms with Crippen LogP contribution in [0.25, 0.3) is 10.1 Å². The molecule has 2 heterocycles. The first-order valence-electron chi connectivity index (χ1n) is 7.65. The molecular weight excluding hydrogens is 266 g/mol. The van der Waals surface area contributed by atoms with Gasteiger partial charge in [-0.25, -0.2) is 0 Å². The predicted molar refractivity (Wildman–Crippen MR) is 86.4 cm³/mol. The van der Waals surface area contributed by atoms with Gasteiger partial charge in [0.25, 0.3) is 0 Å². The molecule has 0 radical (unpaired) electrons. The van der Waals surface area contributed by atoms with Crippen molar-refractivity contribution in [2.24, 2.45) is 5.92 Å². The minimum atomic E-state index is 0.462. The van der Waals surface area contributed by atoms with E-state index in [9.17, 15) is 0 Å². The topological polar surface area (TPSA) is 21.3 Å². The molecular formula is C17H23NOS. The van der Waals surface area contributed by atoms with Crippen molar-refractivity contribution in [1.82, 2.24) is 5.32 Å². The van der Waals surface area contributed by atoms with Gasteiger partial charge in [0.1, 0.15) is 0 Å². The van der Waals surface area contributed by atoms with Crippen molar-refractivity contribution in [1.29, 1.82) is 0 Å². The van der Waals surface area contributed by atoms with Gasteiger partial charge < -0.3 is 10.1 Å². The van der Waals surface area contributed by atoms with Crippen molar-refractivity contribution in [2.75, 3.05) is 19.8 Å². The van der Waals surface area contributed by atoms with Crippen LogP contribution in [0.5, 0.6) is 0 Å². The Labute approximate surface area is 125 Å². The van der Waals surface area contributed by atoms with E-state index in [-0.39, 0.29) is 0 Å². The van der Waals surface area contributed by atoms with E-state index in [0.29, 0.717) is 12.0 Å². The van der Waals surface area contributed by atoms with Gasteiger partial charge in [-0.3, -0.25) is 0 Å². The Bertz CT molecular complexity index is 545. The zero-order valence-electron chi connectivity index (χ0n) is 12.1. The fourth-order valence-electron chi connectivity index (χ4n) is 3.03. The number of hydrogen-bond acceptors (Lipinski definition) is 3. The van der Waals surface area contributed by atoms with Crippen molar-refractivity contribution in [2.45, 2.75) is 32.2 Å². The van der Waals surface area contributed by atoms with Crippen LogP contribution < -0.4 is 5.32 Å². The number of rotatable bonds is 6. The van der Waals surface area contributed by atoms with E-state index in [1.165, 1.54) is 34.9 Å². The number of hydrogen-bond donors (Lipinski definition) is 1. The van der Waals surface area contributed by atoms with E-state index < -0.39 is 0 Å². The monoisotopic (exact) mass is 289 g/mol. The molecule has 3 heteroatoms. The average molecular weight is 289 g/mol. The number of fused-ring (bicyclic) bond motifs is 1. The largest absolute Gasteiger partial charge is 0.381 e. The third kappa shape index (κ3) is 3.05. The summed E-state index contributed by atoms with van der Waals surface area (Å²) >= 11 is 1.86. The lowest BCUT2D eigenvalue weighted by atomic mass is 9.93. The first-order valence-corrected chi connectivity index (χ1v) is 8.53. The molecule has 2 nitrogen and oxygen atoms in total. The molecule has 1 aromatic heterocycles. The predicted octanol–water partition coefficient (Wildman–Crippen LogP) is 4.37. The van der Waals surface area contributed by atoms with Gasteiger partial charge in [0.15, 0.2) is 0 Å². The second kappa shape index (κ2) is 6.70. The summed E-state index contributed by atoms with van der Waals surface area (Å²) in [6, 6.07) is 9.38. The fourth-order valence-corrected chi connectivity index (χ4v) is 4.00. The van der Waals surface area contributed by atoms with Gasteiger partial charge in [-0.05, 0) is 54.1 Å². The molecule has 0 amide bonds. The van der Waals surface area contributed by atoms with Crippen molar-refractivity contribution in [3.8, 4) is 0 Å². The number of nitrogens with one attached hydrogen (secondary N) is 1. The Morgan fingerprint density at radius 1 is 1.40 bits per heavy atom. The average Bonchev–Trinajstić information content (AvgIpc) is 3.13. The first kappa shape index (κ1) is 14.1. The maximum atomic E-state index is 5.55. The summed E-state index contributed by atoms with van der Waals surface area (Å²) < 4.78 is 6.99. The zero-order chi connectivity index (χ0) is 13.8. The Hall–Kier alpha value is -0.900. The van der Waals surface area contributed by atoms with E-state index in [1.807, 2.05) is 11.3 Å². The second-order valence-corrected chi connectivity index (χ2v) is 6.57. The number of ether oxygens (including phenoxy) is 1. The Kier molecular flexibility index (Phi) is 4.71. The fraction of sp³-hybridized carbons (Fsp3) is 0.529. The van der Waals surface area contributed by atoms with Gasteiger partial charge in [-0.15, -0.1) is 11.3 Å². The lowest BCUT2D eigenvalue weighted by molar-refractivity contribution is 0.181. The SMILES string of the molecule is CCCNC(CC1CCOC1)c1cccc2ccsc12. The standard InChI is InChI=1S/C17H23NOS/c1-2-8-18-16(11-13-6-9-19-12-13)15-5-3-4-14-7-10-20-17(14)15/h3-5,7,10,13,16,18H,2,6,8-9,11-12H2,1H3. The van der Waals surface area contributed by atoms with Gasteiger partial charge in [0, 0.05) is 24.0 Å². The van der Waals surface area contributed by atoms with Crippen LogP contribution in [-0.2, 0) is 4.74 Å². The highest BCUT2D eigenvalue weighted by Crippen LogP contribution is 2.33. The van der Waals surface area contributed by atoms with Crippen LogP contribution in [0.2, 0.25) is 0 Å². The van der Waals surface area contributed by atoms with E-state index in [2.05, 4.69) is 41.9 Å². The molecule has 2 unspecified atom stereocenters. The molecule has 0 bridgehead atoms. The van der Waals surface area contributed by atoms with Gasteiger partial charge in [-0.1, -0.05) is 25.1 Å². The van der Waals surface area contributed by atoms with Crippen LogP contribution in [0, 0.1) is 5.92 Å². The summed E-state index contributed by atoms with van der Waals surface area (Å²) in [5.41, 5.74) is 1.47. The van der Waals surface area contributed by atoms with Gasteiger partial charge >= 0.3 is 0 Å². The van der Waals surface area contributed by atoms with E-state index in [1.54, 1.807) is 0 Å². The number of benzene rings is 1. The third-order valence-corrected chi connectivity index (χ3v) is 5.10. The second-order valence-electron chi connectivity index (χ2n) is 5.66. The lowest BCUT2D eigenvalue weighted by Crippen LogP contribution is -2.24. The summed E-state index contributed by atoms with van der Waals surface area (Å²) in [4.78, 5) is 0. The Morgan fingerprint density at radius 3 is 3.15 bits per heavy atom. The molecule has 2 atom stereocenters. The molecule has 1 aliphatic rings. The molecule has 0 aliphatic carbocycles.